The molecule has 5 heteroatoms. The van der Waals surface area contributed by atoms with E-state index in [9.17, 15) is 9.59 Å². The van der Waals surface area contributed by atoms with E-state index < -0.39 is 0 Å². The van der Waals surface area contributed by atoms with Crippen LogP contribution in [0.15, 0.2) is 48.5 Å². The highest BCUT2D eigenvalue weighted by molar-refractivity contribution is 5.96. The van der Waals surface area contributed by atoms with Gasteiger partial charge in [0, 0.05) is 30.4 Å². The number of aryl methyl sites for hydroxylation is 2. The van der Waals surface area contributed by atoms with Crippen molar-refractivity contribution in [2.75, 3.05) is 23.3 Å². The van der Waals surface area contributed by atoms with Crippen LogP contribution in [0.1, 0.15) is 30.4 Å². The lowest BCUT2D eigenvalue weighted by atomic mass is 10.1. The molecule has 0 atom stereocenters. The summed E-state index contributed by atoms with van der Waals surface area (Å²) in [6.45, 7) is 5.06. The second-order valence-electron chi connectivity index (χ2n) is 7.10. The van der Waals surface area contributed by atoms with E-state index in [0.717, 1.165) is 35.3 Å². The Labute approximate surface area is 160 Å². The van der Waals surface area contributed by atoms with Crippen LogP contribution in [0.3, 0.4) is 0 Å². The number of hydrogen-bond acceptors (Lipinski definition) is 2. The summed E-state index contributed by atoms with van der Waals surface area (Å²) in [7, 11) is 0. The van der Waals surface area contributed by atoms with Crippen molar-refractivity contribution in [3.05, 3.63) is 59.7 Å². The molecule has 5 nitrogen and oxygen atoms in total. The van der Waals surface area contributed by atoms with Crippen molar-refractivity contribution in [1.82, 2.24) is 5.32 Å². The number of urea groups is 1. The van der Waals surface area contributed by atoms with Gasteiger partial charge in [-0.05, 0) is 56.4 Å². The van der Waals surface area contributed by atoms with Gasteiger partial charge in [0.2, 0.25) is 5.91 Å². The first-order valence-electron chi connectivity index (χ1n) is 9.54. The number of rotatable bonds is 7. The highest BCUT2D eigenvalue weighted by Gasteiger charge is 2.33. The SMILES string of the molecule is Cc1cccc(C)c1NC(=O)NCCCN(C(=O)C1CC1)c1ccccc1. The summed E-state index contributed by atoms with van der Waals surface area (Å²) in [5, 5.41) is 5.81. The first kappa shape index (κ1) is 19.0. The number of hydrogen-bond donors (Lipinski definition) is 2. The highest BCUT2D eigenvalue weighted by atomic mass is 16.2. The monoisotopic (exact) mass is 365 g/mol. The molecule has 3 rings (SSSR count). The van der Waals surface area contributed by atoms with E-state index in [1.807, 2.05) is 67.3 Å². The summed E-state index contributed by atoms with van der Waals surface area (Å²) in [4.78, 5) is 26.6. The Morgan fingerprint density at radius 2 is 1.67 bits per heavy atom. The lowest BCUT2D eigenvalue weighted by Gasteiger charge is -2.23. The van der Waals surface area contributed by atoms with E-state index in [-0.39, 0.29) is 17.9 Å². The van der Waals surface area contributed by atoms with Gasteiger partial charge in [-0.1, -0.05) is 36.4 Å². The van der Waals surface area contributed by atoms with E-state index in [0.29, 0.717) is 19.5 Å². The lowest BCUT2D eigenvalue weighted by molar-refractivity contribution is -0.119. The molecule has 0 saturated heterocycles. The van der Waals surface area contributed by atoms with Crippen molar-refractivity contribution in [2.24, 2.45) is 5.92 Å². The average molecular weight is 365 g/mol. The molecule has 0 radical (unpaired) electrons. The van der Waals surface area contributed by atoms with Crippen LogP contribution in [0.2, 0.25) is 0 Å². The predicted octanol–water partition coefficient (Wildman–Crippen LogP) is 4.26. The number of amides is 3. The zero-order chi connectivity index (χ0) is 19.2. The van der Waals surface area contributed by atoms with Crippen molar-refractivity contribution in [1.29, 1.82) is 0 Å². The molecule has 0 heterocycles. The molecule has 1 fully saturated rings. The van der Waals surface area contributed by atoms with Crippen LogP contribution >= 0.6 is 0 Å². The minimum atomic E-state index is -0.216. The maximum atomic E-state index is 12.6. The Morgan fingerprint density at radius 3 is 2.30 bits per heavy atom. The molecule has 2 aromatic carbocycles. The summed E-state index contributed by atoms with van der Waals surface area (Å²) in [6.07, 6.45) is 2.67. The van der Waals surface area contributed by atoms with Crippen LogP contribution < -0.4 is 15.5 Å². The summed E-state index contributed by atoms with van der Waals surface area (Å²) in [5.74, 6) is 0.367. The summed E-state index contributed by atoms with van der Waals surface area (Å²) >= 11 is 0. The predicted molar refractivity (Wildman–Crippen MR) is 109 cm³/mol. The van der Waals surface area contributed by atoms with Gasteiger partial charge in [-0.2, -0.15) is 0 Å². The van der Waals surface area contributed by atoms with Gasteiger partial charge >= 0.3 is 6.03 Å². The van der Waals surface area contributed by atoms with Gasteiger partial charge in [-0.15, -0.1) is 0 Å². The number of anilines is 2. The Hall–Kier alpha value is -2.82. The van der Waals surface area contributed by atoms with Gasteiger partial charge in [0.1, 0.15) is 0 Å². The molecular weight excluding hydrogens is 338 g/mol. The van der Waals surface area contributed by atoms with Gasteiger partial charge in [0.15, 0.2) is 0 Å². The minimum absolute atomic E-state index is 0.172. The third-order valence-electron chi connectivity index (χ3n) is 4.82. The summed E-state index contributed by atoms with van der Waals surface area (Å²) in [5.41, 5.74) is 3.85. The Kier molecular flexibility index (Phi) is 6.12. The molecule has 0 aliphatic heterocycles. The number of carbonyl (C=O) groups excluding carboxylic acids is 2. The van der Waals surface area contributed by atoms with Crippen LogP contribution in [-0.4, -0.2) is 25.0 Å². The van der Waals surface area contributed by atoms with Gasteiger partial charge in [0.05, 0.1) is 0 Å². The van der Waals surface area contributed by atoms with E-state index in [1.165, 1.54) is 0 Å². The van der Waals surface area contributed by atoms with Crippen molar-refractivity contribution in [3.8, 4) is 0 Å². The molecule has 0 unspecified atom stereocenters. The molecule has 1 aliphatic rings. The Bertz CT molecular complexity index is 780. The lowest BCUT2D eigenvalue weighted by Crippen LogP contribution is -2.36. The average Bonchev–Trinajstić information content (AvgIpc) is 3.50. The molecular formula is C22H27N3O2. The second kappa shape index (κ2) is 8.71. The van der Waals surface area contributed by atoms with Gasteiger partial charge in [0.25, 0.3) is 0 Å². The first-order valence-corrected chi connectivity index (χ1v) is 9.54. The van der Waals surface area contributed by atoms with Crippen LogP contribution in [-0.2, 0) is 4.79 Å². The molecule has 1 saturated carbocycles. The fourth-order valence-corrected chi connectivity index (χ4v) is 3.13. The molecule has 27 heavy (non-hydrogen) atoms. The van der Waals surface area contributed by atoms with Gasteiger partial charge < -0.3 is 15.5 Å². The number of para-hydroxylation sites is 2. The molecule has 1 aliphatic carbocycles. The molecule has 3 amide bonds. The molecule has 0 spiro atoms. The second-order valence-corrected chi connectivity index (χ2v) is 7.10. The van der Waals surface area contributed by atoms with E-state index in [1.54, 1.807) is 0 Å². The zero-order valence-electron chi connectivity index (χ0n) is 16.0. The van der Waals surface area contributed by atoms with Crippen molar-refractivity contribution in [2.45, 2.75) is 33.1 Å². The molecule has 2 N–H and O–H groups in total. The zero-order valence-corrected chi connectivity index (χ0v) is 16.0. The third kappa shape index (κ3) is 5.09. The smallest absolute Gasteiger partial charge is 0.319 e. The molecule has 142 valence electrons. The highest BCUT2D eigenvalue weighted by Crippen LogP contribution is 2.32. The maximum absolute atomic E-state index is 12.6. The summed E-state index contributed by atoms with van der Waals surface area (Å²) in [6, 6.07) is 15.5. The number of nitrogens with zero attached hydrogens (tertiary/aromatic N) is 1. The van der Waals surface area contributed by atoms with Crippen LogP contribution in [0.25, 0.3) is 0 Å². The first-order chi connectivity index (χ1) is 13.1. The standard InChI is InChI=1S/C22H27N3O2/c1-16-8-6-9-17(2)20(16)24-22(27)23-14-7-15-25(21(26)18-12-13-18)19-10-4-3-5-11-19/h3-6,8-11,18H,7,12-15H2,1-2H3,(H2,23,24,27). The van der Waals surface area contributed by atoms with E-state index in [4.69, 9.17) is 0 Å². The quantitative estimate of drug-likeness (QED) is 0.720. The van der Waals surface area contributed by atoms with Crippen LogP contribution in [0, 0.1) is 19.8 Å². The maximum Gasteiger partial charge on any atom is 0.319 e. The summed E-state index contributed by atoms with van der Waals surface area (Å²) < 4.78 is 0. The van der Waals surface area contributed by atoms with E-state index >= 15 is 0 Å². The fourth-order valence-electron chi connectivity index (χ4n) is 3.13. The van der Waals surface area contributed by atoms with Crippen molar-refractivity contribution >= 4 is 23.3 Å². The minimum Gasteiger partial charge on any atom is -0.338 e. The number of nitrogens with one attached hydrogen (secondary N) is 2. The molecule has 0 aromatic heterocycles. The Morgan fingerprint density at radius 1 is 1.00 bits per heavy atom. The molecule has 2 aromatic rings. The van der Waals surface area contributed by atoms with Crippen molar-refractivity contribution in [3.63, 3.8) is 0 Å². The van der Waals surface area contributed by atoms with E-state index in [2.05, 4.69) is 10.6 Å². The largest absolute Gasteiger partial charge is 0.338 e. The fraction of sp³-hybridized carbons (Fsp3) is 0.364. The Balaban J connectivity index is 1.50. The number of carbonyl (C=O) groups is 2. The van der Waals surface area contributed by atoms with Gasteiger partial charge in [-0.3, -0.25) is 4.79 Å². The van der Waals surface area contributed by atoms with Crippen LogP contribution in [0.5, 0.6) is 0 Å². The third-order valence-corrected chi connectivity index (χ3v) is 4.82. The molecule has 0 bridgehead atoms. The van der Waals surface area contributed by atoms with Crippen molar-refractivity contribution < 1.29 is 9.59 Å². The number of benzene rings is 2. The normalized spacial score (nSPS) is 13.1. The van der Waals surface area contributed by atoms with Crippen LogP contribution in [0.4, 0.5) is 16.2 Å². The van der Waals surface area contributed by atoms with Gasteiger partial charge in [-0.25, -0.2) is 4.79 Å². The topological polar surface area (TPSA) is 61.4 Å².